The van der Waals surface area contributed by atoms with Crippen molar-refractivity contribution >= 4 is 50.3 Å². The van der Waals surface area contributed by atoms with Crippen molar-refractivity contribution in [3.8, 4) is 0 Å². The second kappa shape index (κ2) is 9.11. The monoisotopic (exact) mass is 472 g/mol. The molecule has 10 heteroatoms. The molecule has 0 bridgehead atoms. The van der Waals surface area contributed by atoms with Gasteiger partial charge < -0.3 is 5.32 Å². The van der Waals surface area contributed by atoms with Gasteiger partial charge in [-0.2, -0.15) is 13.5 Å². The molecule has 7 nitrogen and oxygen atoms in total. The minimum Gasteiger partial charge on any atom is -0.350 e. The van der Waals surface area contributed by atoms with Gasteiger partial charge in [0.25, 0.3) is 0 Å². The van der Waals surface area contributed by atoms with Crippen LogP contribution in [0.4, 0.5) is 0 Å². The number of nitrogens with one attached hydrogen (secondary N) is 2. The van der Waals surface area contributed by atoms with Crippen molar-refractivity contribution in [3.05, 3.63) is 88.9 Å². The van der Waals surface area contributed by atoms with Crippen LogP contribution in [0.25, 0.3) is 11.0 Å². The molecule has 1 amide bonds. The van der Waals surface area contributed by atoms with Crippen LogP contribution in [-0.2, 0) is 21.4 Å². The second-order valence-electron chi connectivity index (χ2n) is 6.66. The van der Waals surface area contributed by atoms with Crippen LogP contribution in [0.2, 0.25) is 5.02 Å². The van der Waals surface area contributed by atoms with E-state index in [0.29, 0.717) is 16.1 Å². The fourth-order valence-electron chi connectivity index (χ4n) is 3.06. The smallest absolute Gasteiger partial charge is 0.243 e. The third-order valence-corrected chi connectivity index (χ3v) is 6.98. The SMILES string of the molecule is O=C(NCc1ccccc1Cl)C(NS(=O)(=O)c1cccc2nsnc12)c1ccccc1. The number of carbonyl (C=O) groups excluding carboxylic acids is 1. The average molecular weight is 473 g/mol. The molecule has 0 aliphatic carbocycles. The van der Waals surface area contributed by atoms with E-state index in [2.05, 4.69) is 18.8 Å². The predicted octanol–water partition coefficient (Wildman–Crippen LogP) is 3.68. The molecule has 4 rings (SSSR count). The Bertz CT molecular complexity index is 1330. The Kier molecular flexibility index (Phi) is 6.28. The predicted molar refractivity (Wildman–Crippen MR) is 120 cm³/mol. The number of carbonyl (C=O) groups is 1. The Morgan fingerprint density at radius 3 is 2.48 bits per heavy atom. The highest BCUT2D eigenvalue weighted by molar-refractivity contribution is 7.89. The summed E-state index contributed by atoms with van der Waals surface area (Å²) in [5.74, 6) is -0.502. The van der Waals surface area contributed by atoms with E-state index in [1.165, 1.54) is 6.07 Å². The highest BCUT2D eigenvalue weighted by Crippen LogP contribution is 2.24. The van der Waals surface area contributed by atoms with E-state index in [-0.39, 0.29) is 17.0 Å². The molecule has 0 fully saturated rings. The molecule has 3 aromatic carbocycles. The third kappa shape index (κ3) is 4.75. The third-order valence-electron chi connectivity index (χ3n) is 4.62. The second-order valence-corrected chi connectivity index (χ2v) is 9.28. The van der Waals surface area contributed by atoms with Crippen molar-refractivity contribution in [2.45, 2.75) is 17.5 Å². The number of rotatable bonds is 7. The Balaban J connectivity index is 1.63. The molecule has 0 aliphatic rings. The van der Waals surface area contributed by atoms with Gasteiger partial charge in [-0.25, -0.2) is 8.42 Å². The van der Waals surface area contributed by atoms with Crippen LogP contribution in [0, 0.1) is 0 Å². The van der Waals surface area contributed by atoms with E-state index in [1.807, 2.05) is 6.07 Å². The molecule has 31 heavy (non-hydrogen) atoms. The molecule has 158 valence electrons. The first-order valence-corrected chi connectivity index (χ1v) is 11.8. The summed E-state index contributed by atoms with van der Waals surface area (Å²) in [5.41, 5.74) is 1.98. The van der Waals surface area contributed by atoms with E-state index in [0.717, 1.165) is 17.3 Å². The summed E-state index contributed by atoms with van der Waals surface area (Å²) in [6.45, 7) is 0.162. The largest absolute Gasteiger partial charge is 0.350 e. The molecule has 1 aromatic heterocycles. The van der Waals surface area contributed by atoms with Gasteiger partial charge in [-0.05, 0) is 29.3 Å². The first-order valence-electron chi connectivity index (χ1n) is 9.25. The van der Waals surface area contributed by atoms with Crippen molar-refractivity contribution in [2.24, 2.45) is 0 Å². The van der Waals surface area contributed by atoms with E-state index in [9.17, 15) is 13.2 Å². The van der Waals surface area contributed by atoms with Gasteiger partial charge in [0.1, 0.15) is 22.0 Å². The maximum absolute atomic E-state index is 13.2. The van der Waals surface area contributed by atoms with Gasteiger partial charge >= 0.3 is 0 Å². The number of hydrogen-bond acceptors (Lipinski definition) is 6. The highest BCUT2D eigenvalue weighted by Gasteiger charge is 2.29. The highest BCUT2D eigenvalue weighted by atomic mass is 35.5. The van der Waals surface area contributed by atoms with Crippen LogP contribution in [-0.4, -0.2) is 23.1 Å². The van der Waals surface area contributed by atoms with Gasteiger partial charge in [0.05, 0.1) is 11.7 Å². The van der Waals surface area contributed by atoms with Crippen LogP contribution in [0.15, 0.2) is 77.7 Å². The number of fused-ring (bicyclic) bond motifs is 1. The summed E-state index contributed by atoms with van der Waals surface area (Å²) in [5, 5.41) is 3.28. The number of nitrogens with zero attached hydrogens (tertiary/aromatic N) is 2. The van der Waals surface area contributed by atoms with Crippen LogP contribution in [0.3, 0.4) is 0 Å². The lowest BCUT2D eigenvalue weighted by molar-refractivity contribution is -0.123. The van der Waals surface area contributed by atoms with E-state index < -0.39 is 22.0 Å². The quantitative estimate of drug-likeness (QED) is 0.427. The summed E-state index contributed by atoms with van der Waals surface area (Å²) in [6, 6.07) is 19.3. The molecule has 1 unspecified atom stereocenters. The van der Waals surface area contributed by atoms with Crippen molar-refractivity contribution in [2.75, 3.05) is 0 Å². The molecular weight excluding hydrogens is 456 g/mol. The van der Waals surface area contributed by atoms with Crippen molar-refractivity contribution in [3.63, 3.8) is 0 Å². The number of benzene rings is 3. The van der Waals surface area contributed by atoms with Crippen LogP contribution in [0.1, 0.15) is 17.2 Å². The summed E-state index contributed by atoms with van der Waals surface area (Å²) >= 11 is 7.09. The Morgan fingerprint density at radius 2 is 1.71 bits per heavy atom. The van der Waals surface area contributed by atoms with Gasteiger partial charge in [0, 0.05) is 11.6 Å². The summed E-state index contributed by atoms with van der Waals surface area (Å²) in [4.78, 5) is 13.0. The summed E-state index contributed by atoms with van der Waals surface area (Å²) in [6.07, 6.45) is 0. The molecule has 0 aliphatic heterocycles. The van der Waals surface area contributed by atoms with Gasteiger partial charge in [0.15, 0.2) is 0 Å². The number of hydrogen-bond donors (Lipinski definition) is 2. The van der Waals surface area contributed by atoms with Crippen molar-refractivity contribution in [1.29, 1.82) is 0 Å². The number of aromatic nitrogens is 2. The normalized spacial score (nSPS) is 12.5. The van der Waals surface area contributed by atoms with Gasteiger partial charge in [-0.15, -0.1) is 0 Å². The standard InChI is InChI=1S/C21H17ClN4O3S2/c22-16-10-5-4-9-15(16)13-23-21(27)19(14-7-2-1-3-8-14)26-31(28,29)18-12-6-11-17-20(18)25-30-24-17/h1-12,19,26H,13H2,(H,23,27). The van der Waals surface area contributed by atoms with Gasteiger partial charge in [0.2, 0.25) is 15.9 Å². The fraction of sp³-hybridized carbons (Fsp3) is 0.0952. The zero-order valence-corrected chi connectivity index (χ0v) is 18.4. The van der Waals surface area contributed by atoms with Gasteiger partial charge in [-0.1, -0.05) is 66.2 Å². The lowest BCUT2D eigenvalue weighted by Gasteiger charge is -2.19. The average Bonchev–Trinajstić information content (AvgIpc) is 3.26. The minimum absolute atomic E-state index is 0.0291. The lowest BCUT2D eigenvalue weighted by Crippen LogP contribution is -2.40. The van der Waals surface area contributed by atoms with Crippen molar-refractivity contribution in [1.82, 2.24) is 18.8 Å². The van der Waals surface area contributed by atoms with Crippen LogP contribution < -0.4 is 10.0 Å². The molecule has 0 saturated heterocycles. The maximum atomic E-state index is 13.2. The zero-order chi connectivity index (χ0) is 21.8. The molecule has 1 heterocycles. The summed E-state index contributed by atoms with van der Waals surface area (Å²) < 4.78 is 37.1. The maximum Gasteiger partial charge on any atom is 0.243 e. The van der Waals surface area contributed by atoms with Crippen molar-refractivity contribution < 1.29 is 13.2 Å². The lowest BCUT2D eigenvalue weighted by atomic mass is 10.1. The molecular formula is C21H17ClN4O3S2. The number of amides is 1. The molecule has 1 atom stereocenters. The van der Waals surface area contributed by atoms with Crippen LogP contribution >= 0.6 is 23.3 Å². The molecule has 2 N–H and O–H groups in total. The molecule has 4 aromatic rings. The zero-order valence-electron chi connectivity index (χ0n) is 16.0. The molecule has 0 spiro atoms. The Morgan fingerprint density at radius 1 is 0.968 bits per heavy atom. The van der Waals surface area contributed by atoms with E-state index >= 15 is 0 Å². The fourth-order valence-corrected chi connectivity index (χ4v) is 5.21. The first-order chi connectivity index (χ1) is 15.0. The van der Waals surface area contributed by atoms with Gasteiger partial charge in [-0.3, -0.25) is 4.79 Å². The first kappa shape index (κ1) is 21.4. The summed E-state index contributed by atoms with van der Waals surface area (Å²) in [7, 11) is -4.07. The van der Waals surface area contributed by atoms with E-state index in [1.54, 1.807) is 60.7 Å². The number of sulfonamides is 1. The van der Waals surface area contributed by atoms with Crippen LogP contribution in [0.5, 0.6) is 0 Å². The van der Waals surface area contributed by atoms with E-state index in [4.69, 9.17) is 11.6 Å². The number of halogens is 1. The molecule has 0 radical (unpaired) electrons. The Labute approximate surface area is 188 Å². The topological polar surface area (TPSA) is 101 Å². The minimum atomic E-state index is -4.07. The molecule has 0 saturated carbocycles. The Hall–Kier alpha value is -2.85.